The molecule has 0 radical (unpaired) electrons. The molecule has 0 atom stereocenters. The summed E-state index contributed by atoms with van der Waals surface area (Å²) >= 11 is 0. The van der Waals surface area contributed by atoms with Gasteiger partial charge in [0, 0.05) is 44.1 Å². The van der Waals surface area contributed by atoms with Crippen LogP contribution in [0.2, 0.25) is 0 Å². The molecule has 8 heteroatoms. The van der Waals surface area contributed by atoms with Crippen molar-refractivity contribution in [3.8, 4) is 11.5 Å². The van der Waals surface area contributed by atoms with E-state index in [4.69, 9.17) is 4.98 Å². The number of pyridine rings is 1. The van der Waals surface area contributed by atoms with E-state index in [1.807, 2.05) is 31.2 Å². The summed E-state index contributed by atoms with van der Waals surface area (Å²) in [6.07, 6.45) is 3.30. The molecule has 0 aromatic carbocycles. The molecule has 0 aliphatic carbocycles. The number of nitrogens with one attached hydrogen (secondary N) is 1. The summed E-state index contributed by atoms with van der Waals surface area (Å²) in [5.41, 5.74) is 1.74. The second-order valence-electron chi connectivity index (χ2n) is 5.69. The molecule has 1 aliphatic heterocycles. The number of H-pyrrole nitrogens is 1. The van der Waals surface area contributed by atoms with Gasteiger partial charge in [-0.1, -0.05) is 6.07 Å². The zero-order chi connectivity index (χ0) is 16.4. The summed E-state index contributed by atoms with van der Waals surface area (Å²) < 4.78 is 0. The number of hydrogen-bond donors (Lipinski definition) is 1. The first-order chi connectivity index (χ1) is 11.8. The van der Waals surface area contributed by atoms with Crippen molar-refractivity contribution < 1.29 is 0 Å². The van der Waals surface area contributed by atoms with E-state index in [1.165, 1.54) is 6.33 Å². The predicted molar refractivity (Wildman–Crippen MR) is 90.8 cm³/mol. The SMILES string of the molecule is Cc1cc(N2CCN(c3ncn[nH]3)CC2)nc(-c2ccccn2)n1. The highest BCUT2D eigenvalue weighted by Crippen LogP contribution is 2.20. The Morgan fingerprint density at radius 1 is 1.00 bits per heavy atom. The summed E-state index contributed by atoms with van der Waals surface area (Å²) in [5, 5.41) is 6.83. The smallest absolute Gasteiger partial charge is 0.221 e. The molecule has 0 spiro atoms. The lowest BCUT2D eigenvalue weighted by Crippen LogP contribution is -2.47. The molecule has 122 valence electrons. The van der Waals surface area contributed by atoms with Crippen LogP contribution >= 0.6 is 0 Å². The van der Waals surface area contributed by atoms with Gasteiger partial charge in [-0.25, -0.2) is 15.1 Å². The second kappa shape index (κ2) is 6.23. The summed E-state index contributed by atoms with van der Waals surface area (Å²) in [6, 6.07) is 7.80. The van der Waals surface area contributed by atoms with Gasteiger partial charge in [0.15, 0.2) is 5.82 Å². The number of anilines is 2. The van der Waals surface area contributed by atoms with Crippen molar-refractivity contribution in [1.29, 1.82) is 0 Å². The average Bonchev–Trinajstić information content (AvgIpc) is 3.17. The first-order valence-electron chi connectivity index (χ1n) is 7.92. The Labute approximate surface area is 139 Å². The summed E-state index contributed by atoms with van der Waals surface area (Å²) in [4.78, 5) is 22.3. The first-order valence-corrected chi connectivity index (χ1v) is 7.92. The molecule has 8 nitrogen and oxygen atoms in total. The number of rotatable bonds is 3. The number of aryl methyl sites for hydroxylation is 1. The van der Waals surface area contributed by atoms with Gasteiger partial charge in [0.1, 0.15) is 17.8 Å². The van der Waals surface area contributed by atoms with Crippen LogP contribution in [0, 0.1) is 6.92 Å². The third kappa shape index (κ3) is 2.90. The Balaban J connectivity index is 1.54. The lowest BCUT2D eigenvalue weighted by atomic mass is 10.3. The van der Waals surface area contributed by atoms with E-state index in [0.717, 1.165) is 49.3 Å². The molecular weight excluding hydrogens is 304 g/mol. The number of hydrogen-bond acceptors (Lipinski definition) is 7. The van der Waals surface area contributed by atoms with E-state index in [2.05, 4.69) is 34.9 Å². The van der Waals surface area contributed by atoms with Crippen LogP contribution in [0.4, 0.5) is 11.8 Å². The van der Waals surface area contributed by atoms with Crippen molar-refractivity contribution in [3.05, 3.63) is 42.5 Å². The van der Waals surface area contributed by atoms with Crippen molar-refractivity contribution in [2.24, 2.45) is 0 Å². The van der Waals surface area contributed by atoms with E-state index in [9.17, 15) is 0 Å². The molecule has 1 N–H and O–H groups in total. The topological polar surface area (TPSA) is 86.7 Å². The van der Waals surface area contributed by atoms with Gasteiger partial charge in [-0.05, 0) is 19.1 Å². The molecule has 1 aliphatic rings. The molecule has 0 unspecified atom stereocenters. The summed E-state index contributed by atoms with van der Waals surface area (Å²) in [7, 11) is 0. The lowest BCUT2D eigenvalue weighted by Gasteiger charge is -2.35. The lowest BCUT2D eigenvalue weighted by molar-refractivity contribution is 0.635. The van der Waals surface area contributed by atoms with E-state index >= 15 is 0 Å². The minimum absolute atomic E-state index is 0.670. The third-order valence-corrected chi connectivity index (χ3v) is 4.04. The van der Waals surface area contributed by atoms with Crippen LogP contribution in [-0.2, 0) is 0 Å². The fraction of sp³-hybridized carbons (Fsp3) is 0.312. The molecule has 1 fully saturated rings. The van der Waals surface area contributed by atoms with Crippen LogP contribution in [0.15, 0.2) is 36.8 Å². The number of nitrogens with zero attached hydrogens (tertiary/aromatic N) is 7. The molecule has 0 saturated carbocycles. The van der Waals surface area contributed by atoms with E-state index < -0.39 is 0 Å². The minimum atomic E-state index is 0.670. The van der Waals surface area contributed by atoms with Crippen molar-refractivity contribution in [2.45, 2.75) is 6.92 Å². The highest BCUT2D eigenvalue weighted by atomic mass is 15.4. The zero-order valence-corrected chi connectivity index (χ0v) is 13.4. The van der Waals surface area contributed by atoms with Gasteiger partial charge in [0.2, 0.25) is 5.95 Å². The Hall–Kier alpha value is -3.03. The van der Waals surface area contributed by atoms with Gasteiger partial charge in [0.05, 0.1) is 0 Å². The van der Waals surface area contributed by atoms with E-state index in [1.54, 1.807) is 6.20 Å². The van der Waals surface area contributed by atoms with Crippen molar-refractivity contribution in [2.75, 3.05) is 36.0 Å². The highest BCUT2D eigenvalue weighted by molar-refractivity contribution is 5.54. The first kappa shape index (κ1) is 14.6. The Kier molecular flexibility index (Phi) is 3.78. The van der Waals surface area contributed by atoms with E-state index in [-0.39, 0.29) is 0 Å². The molecule has 24 heavy (non-hydrogen) atoms. The van der Waals surface area contributed by atoms with Gasteiger partial charge in [-0.15, -0.1) is 0 Å². The maximum absolute atomic E-state index is 4.71. The normalized spacial score (nSPS) is 14.9. The van der Waals surface area contributed by atoms with Gasteiger partial charge >= 0.3 is 0 Å². The molecule has 3 aromatic heterocycles. The van der Waals surface area contributed by atoms with Crippen LogP contribution in [0.5, 0.6) is 0 Å². The molecule has 0 amide bonds. The standard InChI is InChI=1S/C16H18N8/c1-12-10-14(21-15(20-12)13-4-2-3-5-17-13)23-6-8-24(9-7-23)16-18-11-19-22-16/h2-5,10-11H,6-9H2,1H3,(H,18,19,22). The number of piperazine rings is 1. The largest absolute Gasteiger partial charge is 0.353 e. The molecular formula is C16H18N8. The monoisotopic (exact) mass is 322 g/mol. The average molecular weight is 322 g/mol. The van der Waals surface area contributed by atoms with Crippen LogP contribution in [0.25, 0.3) is 11.5 Å². The Bertz CT molecular complexity index is 794. The van der Waals surface area contributed by atoms with Crippen molar-refractivity contribution in [1.82, 2.24) is 30.1 Å². The number of aromatic nitrogens is 6. The van der Waals surface area contributed by atoms with Gasteiger partial charge in [-0.3, -0.25) is 4.98 Å². The van der Waals surface area contributed by atoms with E-state index in [0.29, 0.717) is 5.82 Å². The molecule has 4 rings (SSSR count). The Morgan fingerprint density at radius 2 is 1.83 bits per heavy atom. The minimum Gasteiger partial charge on any atom is -0.353 e. The third-order valence-electron chi connectivity index (χ3n) is 4.04. The zero-order valence-electron chi connectivity index (χ0n) is 13.4. The van der Waals surface area contributed by atoms with Gasteiger partial charge in [-0.2, -0.15) is 10.1 Å². The van der Waals surface area contributed by atoms with Crippen molar-refractivity contribution >= 4 is 11.8 Å². The highest BCUT2D eigenvalue weighted by Gasteiger charge is 2.20. The van der Waals surface area contributed by atoms with Crippen molar-refractivity contribution in [3.63, 3.8) is 0 Å². The molecule has 3 aromatic rings. The fourth-order valence-corrected chi connectivity index (χ4v) is 2.82. The molecule has 4 heterocycles. The van der Waals surface area contributed by atoms with Crippen LogP contribution < -0.4 is 9.80 Å². The summed E-state index contributed by atoms with van der Waals surface area (Å²) in [5.74, 6) is 2.44. The van der Waals surface area contributed by atoms with Crippen LogP contribution in [0.3, 0.4) is 0 Å². The Morgan fingerprint density at radius 3 is 2.54 bits per heavy atom. The van der Waals surface area contributed by atoms with Gasteiger partial charge in [0.25, 0.3) is 0 Å². The number of aromatic amines is 1. The fourth-order valence-electron chi connectivity index (χ4n) is 2.82. The maximum atomic E-state index is 4.71. The quantitative estimate of drug-likeness (QED) is 0.777. The van der Waals surface area contributed by atoms with Gasteiger partial charge < -0.3 is 9.80 Å². The van der Waals surface area contributed by atoms with Crippen LogP contribution in [0.1, 0.15) is 5.69 Å². The van der Waals surface area contributed by atoms with Crippen LogP contribution in [-0.4, -0.2) is 56.3 Å². The molecule has 1 saturated heterocycles. The summed E-state index contributed by atoms with van der Waals surface area (Å²) in [6.45, 7) is 5.48. The second-order valence-corrected chi connectivity index (χ2v) is 5.69. The predicted octanol–water partition coefficient (Wildman–Crippen LogP) is 1.29. The maximum Gasteiger partial charge on any atom is 0.221 e. The molecule has 0 bridgehead atoms.